The van der Waals surface area contributed by atoms with Crippen molar-refractivity contribution < 1.29 is 9.53 Å². The highest BCUT2D eigenvalue weighted by molar-refractivity contribution is 9.10. The highest BCUT2D eigenvalue weighted by atomic mass is 79.9. The first-order chi connectivity index (χ1) is 7.74. The minimum Gasteiger partial charge on any atom is -0.358 e. The number of amides is 2. The molecule has 0 bridgehead atoms. The van der Waals surface area contributed by atoms with E-state index in [1.165, 1.54) is 0 Å². The number of carbonyl (C=O) groups is 1. The van der Waals surface area contributed by atoms with Gasteiger partial charge in [-0.15, -0.1) is 0 Å². The number of urea groups is 1. The summed E-state index contributed by atoms with van der Waals surface area (Å²) in [5.41, 5.74) is 0. The van der Waals surface area contributed by atoms with E-state index in [2.05, 4.69) is 31.5 Å². The van der Waals surface area contributed by atoms with Crippen LogP contribution in [0.5, 0.6) is 0 Å². The zero-order valence-corrected chi connectivity index (χ0v) is 10.2. The molecule has 86 valence electrons. The molecule has 1 unspecified atom stereocenters. The Kier molecular flexibility index (Phi) is 3.74. The maximum atomic E-state index is 11.5. The molecule has 2 heterocycles. The fourth-order valence-electron chi connectivity index (χ4n) is 1.46. The van der Waals surface area contributed by atoms with Crippen LogP contribution < -0.4 is 10.6 Å². The maximum absolute atomic E-state index is 11.5. The predicted molar refractivity (Wildman–Crippen MR) is 63.1 cm³/mol. The molecule has 6 heteroatoms. The summed E-state index contributed by atoms with van der Waals surface area (Å²) in [6.45, 7) is 0.708. The smallest absolute Gasteiger partial charge is 0.322 e. The molecule has 1 aliphatic rings. The Morgan fingerprint density at radius 2 is 2.50 bits per heavy atom. The van der Waals surface area contributed by atoms with Crippen LogP contribution in [0.25, 0.3) is 0 Å². The number of hydrogen-bond donors (Lipinski definition) is 2. The Morgan fingerprint density at radius 3 is 3.19 bits per heavy atom. The summed E-state index contributed by atoms with van der Waals surface area (Å²) in [6, 6.07) is 3.23. The predicted octanol–water partition coefficient (Wildman–Crippen LogP) is 2.10. The first-order valence-electron chi connectivity index (χ1n) is 5.05. The monoisotopic (exact) mass is 285 g/mol. The van der Waals surface area contributed by atoms with Gasteiger partial charge in [-0.25, -0.2) is 9.78 Å². The van der Waals surface area contributed by atoms with Crippen molar-refractivity contribution in [3.63, 3.8) is 0 Å². The lowest BCUT2D eigenvalue weighted by atomic mass is 10.3. The summed E-state index contributed by atoms with van der Waals surface area (Å²) in [5, 5.41) is 5.36. The summed E-state index contributed by atoms with van der Waals surface area (Å²) in [7, 11) is 0. The topological polar surface area (TPSA) is 63.2 Å². The Hall–Kier alpha value is -1.14. The van der Waals surface area contributed by atoms with Gasteiger partial charge in [-0.3, -0.25) is 5.32 Å². The third-order valence-corrected chi connectivity index (χ3v) is 2.68. The summed E-state index contributed by atoms with van der Waals surface area (Å²) in [6.07, 6.45) is 3.29. The van der Waals surface area contributed by atoms with Crippen LogP contribution in [0.4, 0.5) is 10.6 Å². The van der Waals surface area contributed by atoms with Crippen molar-refractivity contribution in [2.24, 2.45) is 0 Å². The highest BCUT2D eigenvalue weighted by Crippen LogP contribution is 2.13. The van der Waals surface area contributed by atoms with Crippen molar-refractivity contribution >= 4 is 27.8 Å². The molecule has 1 saturated heterocycles. The zero-order chi connectivity index (χ0) is 11.4. The summed E-state index contributed by atoms with van der Waals surface area (Å²) in [4.78, 5) is 15.5. The average molecular weight is 286 g/mol. The minimum absolute atomic E-state index is 0.174. The quantitative estimate of drug-likeness (QED) is 0.875. The molecule has 2 amide bonds. The number of halogens is 1. The molecule has 1 aromatic heterocycles. The molecule has 1 aromatic rings. The number of anilines is 1. The molecule has 1 atom stereocenters. The average Bonchev–Trinajstić information content (AvgIpc) is 2.70. The lowest BCUT2D eigenvalue weighted by molar-refractivity contribution is 0.0928. The third-order valence-electron chi connectivity index (χ3n) is 2.19. The zero-order valence-electron chi connectivity index (χ0n) is 8.57. The van der Waals surface area contributed by atoms with Gasteiger partial charge in [0.25, 0.3) is 0 Å². The van der Waals surface area contributed by atoms with E-state index in [-0.39, 0.29) is 12.3 Å². The largest absolute Gasteiger partial charge is 0.358 e. The van der Waals surface area contributed by atoms with Gasteiger partial charge in [-0.2, -0.15) is 0 Å². The molecule has 1 aliphatic heterocycles. The number of carbonyl (C=O) groups excluding carboxylic acids is 1. The fraction of sp³-hybridized carbons (Fsp3) is 0.400. The van der Waals surface area contributed by atoms with Crippen LogP contribution in [0.15, 0.2) is 22.8 Å². The van der Waals surface area contributed by atoms with Crippen molar-refractivity contribution in [3.05, 3.63) is 22.8 Å². The van der Waals surface area contributed by atoms with Crippen molar-refractivity contribution in [1.29, 1.82) is 0 Å². The molecule has 0 aliphatic carbocycles. The highest BCUT2D eigenvalue weighted by Gasteiger charge is 2.17. The van der Waals surface area contributed by atoms with Crippen LogP contribution in [0.2, 0.25) is 0 Å². The number of aromatic nitrogens is 1. The molecule has 0 radical (unpaired) electrons. The lowest BCUT2D eigenvalue weighted by Gasteiger charge is -2.12. The van der Waals surface area contributed by atoms with E-state index in [0.29, 0.717) is 12.4 Å². The molecule has 2 N–H and O–H groups in total. The van der Waals surface area contributed by atoms with E-state index >= 15 is 0 Å². The van der Waals surface area contributed by atoms with Crippen molar-refractivity contribution in [1.82, 2.24) is 10.3 Å². The third kappa shape index (κ3) is 3.18. The fourth-order valence-corrected chi connectivity index (χ4v) is 1.80. The molecule has 16 heavy (non-hydrogen) atoms. The normalized spacial score (nSPS) is 19.4. The van der Waals surface area contributed by atoms with E-state index < -0.39 is 0 Å². The number of hydrogen-bond acceptors (Lipinski definition) is 3. The second-order valence-corrected chi connectivity index (χ2v) is 4.38. The maximum Gasteiger partial charge on any atom is 0.322 e. The molecule has 0 spiro atoms. The van der Waals surface area contributed by atoms with Crippen LogP contribution in [-0.2, 0) is 4.74 Å². The number of pyridine rings is 1. The van der Waals surface area contributed by atoms with Gasteiger partial charge in [0.2, 0.25) is 0 Å². The van der Waals surface area contributed by atoms with Gasteiger partial charge >= 0.3 is 6.03 Å². The van der Waals surface area contributed by atoms with Gasteiger partial charge in [0.15, 0.2) is 0 Å². The van der Waals surface area contributed by atoms with Crippen LogP contribution in [0, 0.1) is 0 Å². The molecule has 0 saturated carbocycles. The van der Waals surface area contributed by atoms with E-state index in [1.807, 2.05) is 0 Å². The second-order valence-electron chi connectivity index (χ2n) is 3.46. The van der Waals surface area contributed by atoms with Crippen LogP contribution >= 0.6 is 15.9 Å². The number of rotatable bonds is 2. The Labute approximate surface area is 102 Å². The van der Waals surface area contributed by atoms with Gasteiger partial charge in [0, 0.05) is 17.3 Å². The number of ether oxygens (including phenoxy) is 1. The summed E-state index contributed by atoms with van der Waals surface area (Å²) >= 11 is 3.30. The molecule has 5 nitrogen and oxygen atoms in total. The SMILES string of the molecule is O=C(Nc1cc(Br)ccn1)NC1CCCO1. The minimum atomic E-state index is -0.294. The first kappa shape index (κ1) is 11.3. The van der Waals surface area contributed by atoms with Gasteiger partial charge in [0.05, 0.1) is 0 Å². The summed E-state index contributed by atoms with van der Waals surface area (Å²) in [5.74, 6) is 0.505. The van der Waals surface area contributed by atoms with E-state index in [1.54, 1.807) is 18.3 Å². The summed E-state index contributed by atoms with van der Waals surface area (Å²) < 4.78 is 6.15. The molecule has 1 fully saturated rings. The van der Waals surface area contributed by atoms with Gasteiger partial charge < -0.3 is 10.1 Å². The Balaban J connectivity index is 1.86. The van der Waals surface area contributed by atoms with Crippen LogP contribution in [0.3, 0.4) is 0 Å². The van der Waals surface area contributed by atoms with Crippen molar-refractivity contribution in [3.8, 4) is 0 Å². The standard InChI is InChI=1S/C10H12BrN3O2/c11-7-3-4-12-8(6-7)13-10(15)14-9-2-1-5-16-9/h3-4,6,9H,1-2,5H2,(H2,12,13,14,15). The molecular weight excluding hydrogens is 274 g/mol. The van der Waals surface area contributed by atoms with Gasteiger partial charge in [0.1, 0.15) is 12.0 Å². The van der Waals surface area contributed by atoms with Crippen molar-refractivity contribution in [2.75, 3.05) is 11.9 Å². The van der Waals surface area contributed by atoms with Crippen LogP contribution in [-0.4, -0.2) is 23.8 Å². The van der Waals surface area contributed by atoms with E-state index in [0.717, 1.165) is 17.3 Å². The van der Waals surface area contributed by atoms with Crippen molar-refractivity contribution in [2.45, 2.75) is 19.1 Å². The lowest BCUT2D eigenvalue weighted by Crippen LogP contribution is -2.37. The second kappa shape index (κ2) is 5.27. The van der Waals surface area contributed by atoms with Gasteiger partial charge in [-0.1, -0.05) is 15.9 Å². The number of nitrogens with zero attached hydrogens (tertiary/aromatic N) is 1. The van der Waals surface area contributed by atoms with E-state index in [9.17, 15) is 4.79 Å². The molecule has 0 aromatic carbocycles. The Morgan fingerprint density at radius 1 is 1.62 bits per heavy atom. The van der Waals surface area contributed by atoms with Crippen LogP contribution in [0.1, 0.15) is 12.8 Å². The number of nitrogens with one attached hydrogen (secondary N) is 2. The van der Waals surface area contributed by atoms with Gasteiger partial charge in [-0.05, 0) is 25.0 Å². The Bertz CT molecular complexity index is 380. The molecule has 2 rings (SSSR count). The first-order valence-corrected chi connectivity index (χ1v) is 5.84. The van der Waals surface area contributed by atoms with E-state index in [4.69, 9.17) is 4.74 Å². The molecular formula is C10H12BrN3O2.